The van der Waals surface area contributed by atoms with Crippen molar-refractivity contribution in [2.75, 3.05) is 17.2 Å². The van der Waals surface area contributed by atoms with Crippen molar-refractivity contribution >= 4 is 17.5 Å². The van der Waals surface area contributed by atoms with Crippen LogP contribution in [0, 0.1) is 5.82 Å². The smallest absolute Gasteiger partial charge is 0.249 e. The predicted octanol–water partition coefficient (Wildman–Crippen LogP) is 3.41. The SMILES string of the molecule is Fc1cccc(Nc2nncc(NCCc3ccccc3)n2)c1. The molecule has 3 aromatic rings. The third-order valence-electron chi connectivity index (χ3n) is 3.20. The van der Waals surface area contributed by atoms with E-state index < -0.39 is 0 Å². The van der Waals surface area contributed by atoms with Crippen LogP contribution >= 0.6 is 0 Å². The maximum Gasteiger partial charge on any atom is 0.249 e. The molecule has 0 amide bonds. The molecule has 2 N–H and O–H groups in total. The lowest BCUT2D eigenvalue weighted by Crippen LogP contribution is -2.08. The minimum atomic E-state index is -0.319. The molecule has 0 spiro atoms. The van der Waals surface area contributed by atoms with Gasteiger partial charge in [-0.2, -0.15) is 10.1 Å². The Bertz CT molecular complexity index is 764. The summed E-state index contributed by atoms with van der Waals surface area (Å²) in [5.74, 6) is 0.621. The normalized spacial score (nSPS) is 10.3. The van der Waals surface area contributed by atoms with Crippen LogP contribution in [-0.4, -0.2) is 21.7 Å². The van der Waals surface area contributed by atoms with E-state index in [-0.39, 0.29) is 5.82 Å². The van der Waals surface area contributed by atoms with Crippen LogP contribution in [0.1, 0.15) is 5.56 Å². The largest absolute Gasteiger partial charge is 0.368 e. The summed E-state index contributed by atoms with van der Waals surface area (Å²) in [7, 11) is 0. The standard InChI is InChI=1S/C17H16FN5/c18-14-7-4-8-15(11-14)21-17-22-16(12-20-23-17)19-10-9-13-5-2-1-3-6-13/h1-8,11-12H,9-10H2,(H2,19,21,22,23). The summed E-state index contributed by atoms with van der Waals surface area (Å²) >= 11 is 0. The Morgan fingerprint density at radius 1 is 1.00 bits per heavy atom. The van der Waals surface area contributed by atoms with Crippen molar-refractivity contribution in [3.05, 3.63) is 72.2 Å². The Labute approximate surface area is 133 Å². The van der Waals surface area contributed by atoms with E-state index in [1.807, 2.05) is 18.2 Å². The first-order valence-corrected chi connectivity index (χ1v) is 7.30. The van der Waals surface area contributed by atoms with Crippen LogP contribution in [-0.2, 0) is 6.42 Å². The highest BCUT2D eigenvalue weighted by molar-refractivity contribution is 5.53. The fourth-order valence-corrected chi connectivity index (χ4v) is 2.12. The summed E-state index contributed by atoms with van der Waals surface area (Å²) in [6, 6.07) is 16.3. The summed E-state index contributed by atoms with van der Waals surface area (Å²) in [4.78, 5) is 4.31. The average molecular weight is 309 g/mol. The molecule has 0 atom stereocenters. The van der Waals surface area contributed by atoms with Gasteiger partial charge < -0.3 is 10.6 Å². The minimum absolute atomic E-state index is 0.319. The van der Waals surface area contributed by atoms with Gasteiger partial charge in [-0.15, -0.1) is 5.10 Å². The number of hydrogen-bond acceptors (Lipinski definition) is 5. The van der Waals surface area contributed by atoms with Gasteiger partial charge in [0.2, 0.25) is 5.95 Å². The lowest BCUT2D eigenvalue weighted by Gasteiger charge is -2.07. The van der Waals surface area contributed by atoms with E-state index in [1.54, 1.807) is 18.3 Å². The van der Waals surface area contributed by atoms with Gasteiger partial charge in [0.15, 0.2) is 5.82 Å². The number of rotatable bonds is 6. The van der Waals surface area contributed by atoms with E-state index in [4.69, 9.17) is 0 Å². The van der Waals surface area contributed by atoms with Gasteiger partial charge in [-0.25, -0.2) is 4.39 Å². The summed E-state index contributed by atoms with van der Waals surface area (Å²) in [5.41, 5.74) is 1.83. The molecule has 5 nitrogen and oxygen atoms in total. The molecule has 0 aliphatic carbocycles. The number of aromatic nitrogens is 3. The van der Waals surface area contributed by atoms with E-state index in [2.05, 4.69) is 37.9 Å². The number of nitrogens with one attached hydrogen (secondary N) is 2. The van der Waals surface area contributed by atoms with Crippen LogP contribution in [0.3, 0.4) is 0 Å². The Morgan fingerprint density at radius 2 is 1.87 bits per heavy atom. The Balaban J connectivity index is 1.59. The lowest BCUT2D eigenvalue weighted by molar-refractivity contribution is 0.628. The molecule has 1 heterocycles. The molecule has 116 valence electrons. The van der Waals surface area contributed by atoms with E-state index in [9.17, 15) is 4.39 Å². The van der Waals surface area contributed by atoms with Crippen molar-refractivity contribution in [2.45, 2.75) is 6.42 Å². The van der Waals surface area contributed by atoms with Gasteiger partial charge in [0, 0.05) is 12.2 Å². The molecule has 0 bridgehead atoms. The second-order valence-electron chi connectivity index (χ2n) is 4.96. The quantitative estimate of drug-likeness (QED) is 0.730. The molecule has 0 saturated heterocycles. The number of benzene rings is 2. The third kappa shape index (κ3) is 4.47. The van der Waals surface area contributed by atoms with Crippen LogP contribution in [0.5, 0.6) is 0 Å². The molecule has 0 saturated carbocycles. The number of anilines is 3. The molecule has 23 heavy (non-hydrogen) atoms. The number of halogens is 1. The highest BCUT2D eigenvalue weighted by atomic mass is 19.1. The second kappa shape index (κ2) is 7.31. The lowest BCUT2D eigenvalue weighted by atomic mass is 10.1. The van der Waals surface area contributed by atoms with Gasteiger partial charge in [0.05, 0.1) is 6.20 Å². The first kappa shape index (κ1) is 14.9. The molecule has 6 heteroatoms. The summed E-state index contributed by atoms with van der Waals surface area (Å²) in [6.45, 7) is 0.738. The summed E-state index contributed by atoms with van der Waals surface area (Å²) in [6.07, 6.45) is 2.44. The molecule has 0 aliphatic rings. The van der Waals surface area contributed by atoms with Gasteiger partial charge in [0.1, 0.15) is 5.82 Å². The molecular formula is C17H16FN5. The maximum atomic E-state index is 13.2. The Morgan fingerprint density at radius 3 is 2.70 bits per heavy atom. The predicted molar refractivity (Wildman–Crippen MR) is 88.1 cm³/mol. The van der Waals surface area contributed by atoms with Gasteiger partial charge >= 0.3 is 0 Å². The monoisotopic (exact) mass is 309 g/mol. The van der Waals surface area contributed by atoms with E-state index in [0.29, 0.717) is 17.5 Å². The Hall–Kier alpha value is -3.02. The molecule has 3 rings (SSSR count). The fraction of sp³-hybridized carbons (Fsp3) is 0.118. The third-order valence-corrected chi connectivity index (χ3v) is 3.20. The fourth-order valence-electron chi connectivity index (χ4n) is 2.12. The van der Waals surface area contributed by atoms with Crippen LogP contribution in [0.25, 0.3) is 0 Å². The van der Waals surface area contributed by atoms with Gasteiger partial charge in [-0.3, -0.25) is 0 Å². The molecular weight excluding hydrogens is 293 g/mol. The first-order chi connectivity index (χ1) is 11.3. The van der Waals surface area contributed by atoms with E-state index >= 15 is 0 Å². The summed E-state index contributed by atoms with van der Waals surface area (Å²) in [5, 5.41) is 13.9. The molecule has 0 fully saturated rings. The van der Waals surface area contributed by atoms with Crippen molar-refractivity contribution in [3.63, 3.8) is 0 Å². The van der Waals surface area contributed by atoms with Crippen LogP contribution in [0.2, 0.25) is 0 Å². The topological polar surface area (TPSA) is 62.7 Å². The van der Waals surface area contributed by atoms with Crippen LogP contribution in [0.15, 0.2) is 60.8 Å². The van der Waals surface area contributed by atoms with Gasteiger partial charge in [-0.05, 0) is 30.2 Å². The first-order valence-electron chi connectivity index (χ1n) is 7.30. The second-order valence-corrected chi connectivity index (χ2v) is 4.96. The highest BCUT2D eigenvalue weighted by Gasteiger charge is 2.02. The van der Waals surface area contributed by atoms with Crippen molar-refractivity contribution in [1.82, 2.24) is 15.2 Å². The van der Waals surface area contributed by atoms with Crippen molar-refractivity contribution < 1.29 is 4.39 Å². The molecule has 0 aliphatic heterocycles. The minimum Gasteiger partial charge on any atom is -0.368 e. The summed E-state index contributed by atoms with van der Waals surface area (Å²) < 4.78 is 13.2. The van der Waals surface area contributed by atoms with E-state index in [1.165, 1.54) is 17.7 Å². The Kier molecular flexibility index (Phi) is 4.73. The van der Waals surface area contributed by atoms with Crippen molar-refractivity contribution in [3.8, 4) is 0 Å². The zero-order chi connectivity index (χ0) is 15.9. The molecule has 2 aromatic carbocycles. The van der Waals surface area contributed by atoms with Crippen molar-refractivity contribution in [1.29, 1.82) is 0 Å². The number of nitrogens with zero attached hydrogens (tertiary/aromatic N) is 3. The zero-order valence-corrected chi connectivity index (χ0v) is 12.4. The molecule has 1 aromatic heterocycles. The maximum absolute atomic E-state index is 13.2. The van der Waals surface area contributed by atoms with Crippen molar-refractivity contribution in [2.24, 2.45) is 0 Å². The molecule has 0 unspecified atom stereocenters. The highest BCUT2D eigenvalue weighted by Crippen LogP contribution is 2.14. The van der Waals surface area contributed by atoms with Crippen LogP contribution < -0.4 is 10.6 Å². The average Bonchev–Trinajstić information content (AvgIpc) is 2.56. The van der Waals surface area contributed by atoms with Crippen LogP contribution in [0.4, 0.5) is 21.8 Å². The van der Waals surface area contributed by atoms with Gasteiger partial charge in [0.25, 0.3) is 0 Å². The number of hydrogen-bond donors (Lipinski definition) is 2. The zero-order valence-electron chi connectivity index (χ0n) is 12.4. The van der Waals surface area contributed by atoms with Gasteiger partial charge in [-0.1, -0.05) is 36.4 Å². The van der Waals surface area contributed by atoms with E-state index in [0.717, 1.165) is 13.0 Å². The molecule has 0 radical (unpaired) electrons.